The van der Waals surface area contributed by atoms with Crippen LogP contribution < -0.4 is 5.32 Å². The van der Waals surface area contributed by atoms with Crippen molar-refractivity contribution in [1.29, 1.82) is 0 Å². The summed E-state index contributed by atoms with van der Waals surface area (Å²) < 4.78 is 2.14. The van der Waals surface area contributed by atoms with E-state index >= 15 is 0 Å². The standard InChI is InChI=1S/C17H34N4/c1-8-15(9-2)21-12-11-14(19-21)13-16(18-10-3)17(4,5)20(6)7/h11-12,15-16,18H,8-10,13H2,1-7H3. The number of aromatic nitrogens is 2. The zero-order chi connectivity index (χ0) is 16.0. The van der Waals surface area contributed by atoms with E-state index in [0.29, 0.717) is 12.1 Å². The Morgan fingerprint density at radius 1 is 1.24 bits per heavy atom. The molecule has 0 saturated heterocycles. The van der Waals surface area contributed by atoms with Crippen LogP contribution >= 0.6 is 0 Å². The van der Waals surface area contributed by atoms with Gasteiger partial charge in [0.15, 0.2) is 0 Å². The van der Waals surface area contributed by atoms with Crippen molar-refractivity contribution in [2.24, 2.45) is 0 Å². The second-order valence-corrected chi connectivity index (χ2v) is 6.62. The Kier molecular flexibility index (Phi) is 6.88. The SMILES string of the molecule is CCNC(Cc1ccn(C(CC)CC)n1)C(C)(C)N(C)C. The number of nitrogens with zero attached hydrogens (tertiary/aromatic N) is 3. The van der Waals surface area contributed by atoms with E-state index < -0.39 is 0 Å². The summed E-state index contributed by atoms with van der Waals surface area (Å²) in [4.78, 5) is 2.29. The Morgan fingerprint density at radius 3 is 2.33 bits per heavy atom. The summed E-state index contributed by atoms with van der Waals surface area (Å²) in [5.41, 5.74) is 1.28. The van der Waals surface area contributed by atoms with Gasteiger partial charge in [-0.05, 0) is 53.4 Å². The summed E-state index contributed by atoms with van der Waals surface area (Å²) in [5, 5.41) is 8.43. The lowest BCUT2D eigenvalue weighted by Crippen LogP contribution is -2.56. The van der Waals surface area contributed by atoms with Crippen molar-refractivity contribution in [3.63, 3.8) is 0 Å². The molecule has 1 atom stereocenters. The van der Waals surface area contributed by atoms with E-state index in [4.69, 9.17) is 5.10 Å². The van der Waals surface area contributed by atoms with Gasteiger partial charge >= 0.3 is 0 Å². The highest BCUT2D eigenvalue weighted by atomic mass is 15.3. The minimum atomic E-state index is 0.0920. The third-order valence-electron chi connectivity index (χ3n) is 4.85. The predicted octanol–water partition coefficient (Wildman–Crippen LogP) is 3.11. The second kappa shape index (κ2) is 7.95. The van der Waals surface area contributed by atoms with Gasteiger partial charge in [-0.1, -0.05) is 20.8 Å². The average Bonchev–Trinajstić information content (AvgIpc) is 2.88. The van der Waals surface area contributed by atoms with E-state index in [0.717, 1.165) is 25.8 Å². The highest BCUT2D eigenvalue weighted by molar-refractivity contribution is 5.06. The van der Waals surface area contributed by atoms with E-state index in [-0.39, 0.29) is 5.54 Å². The summed E-state index contributed by atoms with van der Waals surface area (Å²) in [6.07, 6.45) is 5.37. The normalized spacial score (nSPS) is 14.1. The van der Waals surface area contributed by atoms with Gasteiger partial charge in [-0.2, -0.15) is 5.10 Å². The van der Waals surface area contributed by atoms with Gasteiger partial charge in [0.1, 0.15) is 0 Å². The quantitative estimate of drug-likeness (QED) is 0.759. The molecule has 1 unspecified atom stereocenters. The first-order chi connectivity index (χ1) is 9.86. The van der Waals surface area contributed by atoms with Crippen molar-refractivity contribution in [2.75, 3.05) is 20.6 Å². The summed E-state index contributed by atoms with van der Waals surface area (Å²) >= 11 is 0. The van der Waals surface area contributed by atoms with Gasteiger partial charge in [0, 0.05) is 24.2 Å². The van der Waals surface area contributed by atoms with Crippen LogP contribution in [0.3, 0.4) is 0 Å². The van der Waals surface area contributed by atoms with Crippen LogP contribution in [0.25, 0.3) is 0 Å². The maximum Gasteiger partial charge on any atom is 0.0640 e. The highest BCUT2D eigenvalue weighted by Gasteiger charge is 2.31. The van der Waals surface area contributed by atoms with Gasteiger partial charge in [0.05, 0.1) is 11.7 Å². The van der Waals surface area contributed by atoms with Crippen LogP contribution in [0.5, 0.6) is 0 Å². The molecule has 122 valence electrons. The van der Waals surface area contributed by atoms with Crippen molar-refractivity contribution in [3.05, 3.63) is 18.0 Å². The molecule has 0 aromatic carbocycles. The molecule has 4 heteroatoms. The molecule has 0 bridgehead atoms. The first-order valence-corrected chi connectivity index (χ1v) is 8.31. The van der Waals surface area contributed by atoms with Gasteiger partial charge in [0.25, 0.3) is 0 Å². The van der Waals surface area contributed by atoms with E-state index in [9.17, 15) is 0 Å². The number of rotatable bonds is 9. The molecule has 0 aliphatic rings. The molecule has 0 saturated carbocycles. The Hall–Kier alpha value is -0.870. The van der Waals surface area contributed by atoms with Crippen LogP contribution in [0.15, 0.2) is 12.3 Å². The number of likely N-dealkylation sites (N-methyl/N-ethyl adjacent to an activating group) is 2. The predicted molar refractivity (Wildman–Crippen MR) is 90.8 cm³/mol. The van der Waals surface area contributed by atoms with Crippen LogP contribution in [0, 0.1) is 0 Å². The van der Waals surface area contributed by atoms with E-state index in [1.54, 1.807) is 0 Å². The molecule has 1 aromatic heterocycles. The molecule has 0 fully saturated rings. The molecule has 4 nitrogen and oxygen atoms in total. The second-order valence-electron chi connectivity index (χ2n) is 6.62. The fraction of sp³-hybridized carbons (Fsp3) is 0.824. The van der Waals surface area contributed by atoms with Gasteiger partial charge in [-0.25, -0.2) is 0 Å². The summed E-state index contributed by atoms with van der Waals surface area (Å²) in [7, 11) is 4.29. The lowest BCUT2D eigenvalue weighted by molar-refractivity contribution is 0.137. The Bertz CT molecular complexity index is 405. The maximum atomic E-state index is 4.81. The largest absolute Gasteiger partial charge is 0.312 e. The molecule has 21 heavy (non-hydrogen) atoms. The van der Waals surface area contributed by atoms with E-state index in [1.165, 1.54) is 5.69 Å². The van der Waals surface area contributed by atoms with Crippen molar-refractivity contribution in [2.45, 2.75) is 71.5 Å². The Balaban J connectivity index is 2.85. The fourth-order valence-corrected chi connectivity index (χ4v) is 2.69. The smallest absolute Gasteiger partial charge is 0.0640 e. The Labute approximate surface area is 130 Å². The molecule has 1 aromatic rings. The van der Waals surface area contributed by atoms with E-state index in [2.05, 4.69) is 75.9 Å². The lowest BCUT2D eigenvalue weighted by atomic mass is 9.89. The summed E-state index contributed by atoms with van der Waals surface area (Å²) in [6.45, 7) is 12.2. The summed E-state index contributed by atoms with van der Waals surface area (Å²) in [5.74, 6) is 0. The topological polar surface area (TPSA) is 33.1 Å². The zero-order valence-electron chi connectivity index (χ0n) is 15.0. The van der Waals surface area contributed by atoms with Gasteiger partial charge in [-0.3, -0.25) is 4.68 Å². The third-order valence-corrected chi connectivity index (χ3v) is 4.85. The molecule has 1 heterocycles. The van der Waals surface area contributed by atoms with Crippen molar-refractivity contribution < 1.29 is 0 Å². The fourth-order valence-electron chi connectivity index (χ4n) is 2.69. The number of hydrogen-bond donors (Lipinski definition) is 1. The lowest BCUT2D eigenvalue weighted by Gasteiger charge is -2.40. The van der Waals surface area contributed by atoms with Gasteiger partial charge < -0.3 is 10.2 Å². The third kappa shape index (κ3) is 4.55. The average molecular weight is 294 g/mol. The number of nitrogens with one attached hydrogen (secondary N) is 1. The van der Waals surface area contributed by atoms with Crippen LogP contribution in [-0.2, 0) is 6.42 Å². The molecule has 0 radical (unpaired) electrons. The minimum Gasteiger partial charge on any atom is -0.312 e. The maximum absolute atomic E-state index is 4.81. The van der Waals surface area contributed by atoms with Crippen LogP contribution in [0.4, 0.5) is 0 Å². The molecule has 1 rings (SSSR count). The summed E-state index contributed by atoms with van der Waals surface area (Å²) in [6, 6.07) is 3.09. The molecular weight excluding hydrogens is 260 g/mol. The van der Waals surface area contributed by atoms with E-state index in [1.807, 2.05) is 0 Å². The van der Waals surface area contributed by atoms with Crippen LogP contribution in [0.2, 0.25) is 0 Å². The number of hydrogen-bond acceptors (Lipinski definition) is 3. The molecule has 0 aliphatic carbocycles. The van der Waals surface area contributed by atoms with Gasteiger partial charge in [0.2, 0.25) is 0 Å². The van der Waals surface area contributed by atoms with Crippen LogP contribution in [0.1, 0.15) is 59.2 Å². The highest BCUT2D eigenvalue weighted by Crippen LogP contribution is 2.20. The minimum absolute atomic E-state index is 0.0920. The van der Waals surface area contributed by atoms with Crippen molar-refractivity contribution in [3.8, 4) is 0 Å². The van der Waals surface area contributed by atoms with Crippen molar-refractivity contribution in [1.82, 2.24) is 20.0 Å². The molecule has 1 N–H and O–H groups in total. The van der Waals surface area contributed by atoms with Gasteiger partial charge in [-0.15, -0.1) is 0 Å². The first kappa shape index (κ1) is 18.2. The Morgan fingerprint density at radius 2 is 1.86 bits per heavy atom. The molecule has 0 spiro atoms. The molecule has 0 aliphatic heterocycles. The molecule has 0 amide bonds. The first-order valence-electron chi connectivity index (χ1n) is 8.31. The monoisotopic (exact) mass is 294 g/mol. The molecular formula is C17H34N4. The van der Waals surface area contributed by atoms with Crippen molar-refractivity contribution >= 4 is 0 Å². The zero-order valence-corrected chi connectivity index (χ0v) is 15.0. The van der Waals surface area contributed by atoms with Crippen LogP contribution in [-0.4, -0.2) is 46.9 Å².